The summed E-state index contributed by atoms with van der Waals surface area (Å²) in [6.07, 6.45) is 0. The van der Waals surface area contributed by atoms with Crippen molar-refractivity contribution in [1.29, 1.82) is 0 Å². The summed E-state index contributed by atoms with van der Waals surface area (Å²) < 4.78 is 12.8. The fourth-order valence-electron chi connectivity index (χ4n) is 0.532. The van der Waals surface area contributed by atoms with E-state index in [-0.39, 0.29) is 0 Å². The van der Waals surface area contributed by atoms with Gasteiger partial charge in [0.2, 0.25) is 0 Å². The fraction of sp³-hybridized carbons (Fsp3) is 1.00. The molecule has 6 heavy (non-hydrogen) atoms. The summed E-state index contributed by atoms with van der Waals surface area (Å²) in [5, 5.41) is 0. The standard InChI is InChI=1S/2C2H4.FH.Ir/c2*1-2;;/h2*1-2H2;1H;/q;;;+1/p-1. The van der Waals surface area contributed by atoms with Crippen LogP contribution in [0, 0.1) is 0 Å². The zero-order valence-corrected chi connectivity index (χ0v) is 5.93. The van der Waals surface area contributed by atoms with Gasteiger partial charge in [-0.2, -0.15) is 0 Å². The van der Waals surface area contributed by atoms with Crippen molar-refractivity contribution < 1.29 is 17.8 Å². The maximum atomic E-state index is 12.8. The van der Waals surface area contributed by atoms with Gasteiger partial charge in [-0.05, 0) is 0 Å². The van der Waals surface area contributed by atoms with Gasteiger partial charge in [0, 0.05) is 0 Å². The molecule has 2 rings (SSSR count). The number of hydrogen-bond acceptors (Lipinski definition) is 0. The minimum atomic E-state index is -2.60. The molecular weight excluding hydrogens is 259 g/mol. The van der Waals surface area contributed by atoms with Gasteiger partial charge in [-0.25, -0.2) is 0 Å². The molecule has 0 aromatic carbocycles. The van der Waals surface area contributed by atoms with E-state index in [1.54, 1.807) is 0 Å². The van der Waals surface area contributed by atoms with E-state index in [9.17, 15) is 3.25 Å². The number of rotatable bonds is 0. The topological polar surface area (TPSA) is 0 Å². The van der Waals surface area contributed by atoms with E-state index in [0.29, 0.717) is 0 Å². The maximum absolute atomic E-state index is 12.8. The van der Waals surface area contributed by atoms with Gasteiger partial charge in [-0.3, -0.25) is 0 Å². The first-order chi connectivity index (χ1) is 2.71. The van der Waals surface area contributed by atoms with Gasteiger partial charge >= 0.3 is 37.6 Å². The van der Waals surface area contributed by atoms with Crippen LogP contribution < -0.4 is 0 Å². The number of halogens is 1. The van der Waals surface area contributed by atoms with Crippen LogP contribution >= 0.6 is 0 Å². The van der Waals surface area contributed by atoms with Crippen LogP contribution in [-0.4, -0.2) is 0 Å². The van der Waals surface area contributed by atoms with Crippen LogP contribution in [0.1, 0.15) is 0 Å². The van der Waals surface area contributed by atoms with E-state index in [4.69, 9.17) is 0 Å². The molecule has 0 aromatic rings. The Balaban J connectivity index is 2.41. The van der Waals surface area contributed by atoms with Crippen molar-refractivity contribution in [2.45, 2.75) is 19.7 Å². The summed E-state index contributed by atoms with van der Waals surface area (Å²) in [4.78, 5) is 4.21. The predicted octanol–water partition coefficient (Wildman–Crippen LogP) is 2.26. The predicted molar refractivity (Wildman–Crippen MR) is 20.3 cm³/mol. The van der Waals surface area contributed by atoms with Gasteiger partial charge < -0.3 is 0 Å². The molecular formula is C4H8FIr. The molecule has 0 atom stereocenters. The van der Waals surface area contributed by atoms with E-state index in [1.165, 1.54) is 0 Å². The summed E-state index contributed by atoms with van der Waals surface area (Å²) in [6.45, 7) is 0. The average Bonchev–Trinajstić information content (AvgIpc) is 2.28. The third-order valence-electron chi connectivity index (χ3n) is 1.53. The third-order valence-corrected chi connectivity index (χ3v) is 12.5. The van der Waals surface area contributed by atoms with Crippen molar-refractivity contribution in [2.24, 2.45) is 0 Å². The Morgan fingerprint density at radius 3 is 1.33 bits per heavy atom. The third kappa shape index (κ3) is 0.276. The van der Waals surface area contributed by atoms with Crippen molar-refractivity contribution in [3.05, 3.63) is 0 Å². The second-order valence-electron chi connectivity index (χ2n) is 2.02. The molecule has 2 saturated heterocycles. The molecule has 2 aliphatic rings. The van der Waals surface area contributed by atoms with Crippen LogP contribution in [0.3, 0.4) is 0 Å². The molecule has 0 bridgehead atoms. The van der Waals surface area contributed by atoms with E-state index >= 15 is 0 Å². The van der Waals surface area contributed by atoms with Crippen LogP contribution in [0.25, 0.3) is 0 Å². The van der Waals surface area contributed by atoms with Crippen LogP contribution in [0.5, 0.6) is 0 Å². The first kappa shape index (κ1) is 3.57. The molecule has 40 valence electrons. The van der Waals surface area contributed by atoms with E-state index in [2.05, 4.69) is 0 Å². The van der Waals surface area contributed by atoms with Gasteiger partial charge in [-0.1, -0.05) is 0 Å². The monoisotopic (exact) mass is 268 g/mol. The Morgan fingerprint density at radius 2 is 1.33 bits per heavy atom. The average molecular weight is 267 g/mol. The van der Waals surface area contributed by atoms with Crippen molar-refractivity contribution >= 4 is 0 Å². The molecule has 0 radical (unpaired) electrons. The Hall–Kier alpha value is 0.579. The summed E-state index contributed by atoms with van der Waals surface area (Å²) in [7, 11) is 0. The molecule has 0 aliphatic carbocycles. The first-order valence-corrected chi connectivity index (χ1v) is 9.75. The Morgan fingerprint density at radius 1 is 1.00 bits per heavy atom. The molecule has 0 aromatic heterocycles. The van der Waals surface area contributed by atoms with E-state index in [0.717, 1.165) is 19.7 Å². The van der Waals surface area contributed by atoms with Crippen molar-refractivity contribution in [3.8, 4) is 0 Å². The minimum absolute atomic E-state index is 1.05. The van der Waals surface area contributed by atoms with Crippen molar-refractivity contribution in [2.75, 3.05) is 0 Å². The summed E-state index contributed by atoms with van der Waals surface area (Å²) in [5.41, 5.74) is 0. The first-order valence-electron chi connectivity index (χ1n) is 2.07. The molecule has 0 amide bonds. The van der Waals surface area contributed by atoms with Gasteiger partial charge in [0.25, 0.3) is 0 Å². The van der Waals surface area contributed by atoms with E-state index < -0.39 is 14.6 Å². The van der Waals surface area contributed by atoms with Crippen LogP contribution in [-0.2, 0) is 14.6 Å². The quantitative estimate of drug-likeness (QED) is 0.631. The summed E-state index contributed by atoms with van der Waals surface area (Å²) in [5.74, 6) is 0. The summed E-state index contributed by atoms with van der Waals surface area (Å²) >= 11 is -2.60. The zero-order chi connectivity index (χ0) is 4.28. The number of hydrogen-bond donors (Lipinski definition) is 0. The van der Waals surface area contributed by atoms with E-state index in [1.807, 2.05) is 0 Å². The van der Waals surface area contributed by atoms with Gasteiger partial charge in [0.05, 0.1) is 0 Å². The van der Waals surface area contributed by atoms with Crippen LogP contribution in [0.15, 0.2) is 0 Å². The molecule has 2 heterocycles. The molecule has 0 nitrogen and oxygen atoms in total. The van der Waals surface area contributed by atoms with Gasteiger partial charge in [-0.15, -0.1) is 0 Å². The second kappa shape index (κ2) is 0.550. The van der Waals surface area contributed by atoms with Crippen LogP contribution in [0.2, 0.25) is 19.7 Å². The zero-order valence-electron chi connectivity index (χ0n) is 3.54. The summed E-state index contributed by atoms with van der Waals surface area (Å²) in [6, 6.07) is 0. The normalized spacial score (nSPS) is 49.8. The molecule has 2 aliphatic heterocycles. The molecule has 0 N–H and O–H groups in total. The SMILES string of the molecule is [F][Ir]12([CH2][CH2]1)[CH2][CH2]2. The molecule has 1 spiro atoms. The van der Waals surface area contributed by atoms with Crippen LogP contribution in [0.4, 0.5) is 3.25 Å². The van der Waals surface area contributed by atoms with Crippen molar-refractivity contribution in [1.82, 2.24) is 0 Å². The molecule has 2 fully saturated rings. The second-order valence-corrected chi connectivity index (χ2v) is 16.6. The van der Waals surface area contributed by atoms with Crippen molar-refractivity contribution in [3.63, 3.8) is 0 Å². The Kier molecular flexibility index (Phi) is 0.327. The molecule has 0 unspecified atom stereocenters. The Bertz CT molecular complexity index is 82.6. The molecule has 2 heteroatoms. The fourth-order valence-corrected chi connectivity index (χ4v) is 16.1. The van der Waals surface area contributed by atoms with Gasteiger partial charge in [0.15, 0.2) is 0 Å². The Labute approximate surface area is 38.1 Å². The van der Waals surface area contributed by atoms with Gasteiger partial charge in [0.1, 0.15) is 0 Å². The molecule has 0 saturated carbocycles.